The maximum absolute atomic E-state index is 12.8. The Labute approximate surface area is 157 Å². The van der Waals surface area contributed by atoms with Crippen LogP contribution in [0.2, 0.25) is 0 Å². The van der Waals surface area contributed by atoms with Crippen molar-refractivity contribution in [1.82, 2.24) is 9.62 Å². The Balaban J connectivity index is 2.04. The van der Waals surface area contributed by atoms with Gasteiger partial charge in [0, 0.05) is 13.1 Å². The van der Waals surface area contributed by atoms with Crippen LogP contribution in [-0.4, -0.2) is 50.3 Å². The average molecular weight is 397 g/mol. The van der Waals surface area contributed by atoms with Gasteiger partial charge in [0.05, 0.1) is 10.5 Å². The van der Waals surface area contributed by atoms with E-state index in [0.29, 0.717) is 13.1 Å². The molecule has 1 aromatic carbocycles. The van der Waals surface area contributed by atoms with Crippen LogP contribution in [-0.2, 0) is 19.6 Å². The second-order valence-electron chi connectivity index (χ2n) is 6.78. The van der Waals surface area contributed by atoms with Crippen molar-refractivity contribution in [3.8, 4) is 0 Å². The van der Waals surface area contributed by atoms with Gasteiger partial charge in [-0.15, -0.1) is 0 Å². The number of piperidine rings is 1. The molecule has 2 atom stereocenters. The summed E-state index contributed by atoms with van der Waals surface area (Å²) in [5.74, 6) is -1.11. The summed E-state index contributed by atoms with van der Waals surface area (Å²) in [5.41, 5.74) is 4.86. The number of nitrogens with two attached hydrogens (primary N) is 1. The molecule has 0 aliphatic carbocycles. The lowest BCUT2D eigenvalue weighted by Crippen LogP contribution is -2.42. The molecule has 1 aliphatic rings. The van der Waals surface area contributed by atoms with E-state index in [4.69, 9.17) is 10.5 Å². The number of ether oxygens (including phenoxy) is 1. The molecule has 0 saturated carbocycles. The summed E-state index contributed by atoms with van der Waals surface area (Å²) in [4.78, 5) is 33.7. The third-order valence-corrected chi connectivity index (χ3v) is 6.01. The van der Waals surface area contributed by atoms with Crippen molar-refractivity contribution in [2.45, 2.75) is 25.2 Å². The largest absolute Gasteiger partial charge is 0.452 e. The van der Waals surface area contributed by atoms with Gasteiger partial charge in [-0.1, -0.05) is 13.8 Å². The number of rotatable bonds is 5. The molecule has 1 aliphatic heterocycles. The lowest BCUT2D eigenvalue weighted by atomic mass is 9.94. The monoisotopic (exact) mass is 397 g/mol. The maximum Gasteiger partial charge on any atom is 0.338 e. The number of imide groups is 1. The first-order chi connectivity index (χ1) is 12.6. The highest BCUT2D eigenvalue weighted by atomic mass is 32.2. The van der Waals surface area contributed by atoms with Crippen LogP contribution < -0.4 is 11.1 Å². The van der Waals surface area contributed by atoms with Gasteiger partial charge in [0.15, 0.2) is 6.61 Å². The molecule has 27 heavy (non-hydrogen) atoms. The number of esters is 1. The van der Waals surface area contributed by atoms with Crippen LogP contribution in [0.4, 0.5) is 4.79 Å². The number of hydrogen-bond donors (Lipinski definition) is 2. The van der Waals surface area contributed by atoms with Gasteiger partial charge in [0.1, 0.15) is 0 Å². The molecule has 0 aromatic heterocycles. The molecule has 1 fully saturated rings. The Hall–Kier alpha value is -2.46. The normalized spacial score (nSPS) is 20.7. The second kappa shape index (κ2) is 8.49. The first-order valence-electron chi connectivity index (χ1n) is 8.46. The van der Waals surface area contributed by atoms with Crippen molar-refractivity contribution in [2.75, 3.05) is 19.7 Å². The van der Waals surface area contributed by atoms with Crippen molar-refractivity contribution in [3.05, 3.63) is 29.8 Å². The summed E-state index contributed by atoms with van der Waals surface area (Å²) in [5, 5.41) is 1.76. The van der Waals surface area contributed by atoms with E-state index in [-0.39, 0.29) is 22.3 Å². The highest BCUT2D eigenvalue weighted by molar-refractivity contribution is 7.89. The lowest BCUT2D eigenvalue weighted by molar-refractivity contribution is -0.123. The van der Waals surface area contributed by atoms with Gasteiger partial charge in [-0.3, -0.25) is 10.1 Å². The Bertz CT molecular complexity index is 812. The molecular formula is C17H23N3O6S. The summed E-state index contributed by atoms with van der Waals surface area (Å²) in [6, 6.07) is 4.25. The maximum atomic E-state index is 12.8. The minimum absolute atomic E-state index is 0.0844. The van der Waals surface area contributed by atoms with E-state index in [9.17, 15) is 22.8 Å². The lowest BCUT2D eigenvalue weighted by Gasteiger charge is -2.34. The minimum Gasteiger partial charge on any atom is -0.452 e. The molecule has 3 N–H and O–H groups in total. The molecule has 0 spiro atoms. The summed E-state index contributed by atoms with van der Waals surface area (Å²) in [6.07, 6.45) is 0.986. The van der Waals surface area contributed by atoms with Crippen molar-refractivity contribution in [2.24, 2.45) is 17.6 Å². The first-order valence-corrected chi connectivity index (χ1v) is 9.90. The van der Waals surface area contributed by atoms with E-state index in [1.54, 1.807) is 5.32 Å². The molecule has 1 saturated heterocycles. The van der Waals surface area contributed by atoms with E-state index in [1.165, 1.54) is 28.6 Å². The van der Waals surface area contributed by atoms with E-state index < -0.39 is 34.5 Å². The number of hydrogen-bond acceptors (Lipinski definition) is 6. The smallest absolute Gasteiger partial charge is 0.338 e. The van der Waals surface area contributed by atoms with Gasteiger partial charge in [-0.25, -0.2) is 18.0 Å². The van der Waals surface area contributed by atoms with E-state index in [2.05, 4.69) is 0 Å². The summed E-state index contributed by atoms with van der Waals surface area (Å²) >= 11 is 0. The van der Waals surface area contributed by atoms with Crippen LogP contribution in [0.5, 0.6) is 0 Å². The molecule has 148 valence electrons. The highest BCUT2D eigenvalue weighted by Crippen LogP contribution is 2.26. The fraction of sp³-hybridized carbons (Fsp3) is 0.471. The van der Waals surface area contributed by atoms with E-state index in [0.717, 1.165) is 6.42 Å². The molecule has 0 unspecified atom stereocenters. The number of nitrogens with one attached hydrogen (secondary N) is 1. The minimum atomic E-state index is -3.64. The Morgan fingerprint density at radius 1 is 1.15 bits per heavy atom. The number of benzene rings is 1. The van der Waals surface area contributed by atoms with Gasteiger partial charge in [0.2, 0.25) is 10.0 Å². The van der Waals surface area contributed by atoms with Gasteiger partial charge in [-0.2, -0.15) is 4.31 Å². The number of nitrogens with zero attached hydrogens (tertiary/aromatic N) is 1. The van der Waals surface area contributed by atoms with Crippen LogP contribution in [0.15, 0.2) is 29.2 Å². The quantitative estimate of drug-likeness (QED) is 0.702. The van der Waals surface area contributed by atoms with Crippen LogP contribution in [0, 0.1) is 11.8 Å². The second-order valence-corrected chi connectivity index (χ2v) is 8.72. The Kier molecular flexibility index (Phi) is 6.55. The molecule has 3 amide bonds. The van der Waals surface area contributed by atoms with Gasteiger partial charge < -0.3 is 10.5 Å². The van der Waals surface area contributed by atoms with E-state index in [1.807, 2.05) is 13.8 Å². The summed E-state index contributed by atoms with van der Waals surface area (Å²) in [7, 11) is -3.64. The average Bonchev–Trinajstić information content (AvgIpc) is 2.58. The van der Waals surface area contributed by atoms with Crippen LogP contribution in [0.1, 0.15) is 30.6 Å². The van der Waals surface area contributed by atoms with Crippen molar-refractivity contribution in [1.29, 1.82) is 0 Å². The molecule has 2 rings (SSSR count). The third kappa shape index (κ3) is 5.51. The molecule has 1 aromatic rings. The Morgan fingerprint density at radius 3 is 2.22 bits per heavy atom. The molecule has 9 nitrogen and oxygen atoms in total. The highest BCUT2D eigenvalue weighted by Gasteiger charge is 2.31. The number of carbonyl (C=O) groups excluding carboxylic acids is 3. The standard InChI is InChI=1S/C17H23N3O6S/c1-11-7-12(2)9-20(8-11)27(24,25)14-5-3-13(4-6-14)16(22)26-10-15(21)19-17(18)23/h3-6,11-12H,7-10H2,1-2H3,(H3,18,19,21,23)/t11-,12-/m0/s1. The topological polar surface area (TPSA) is 136 Å². The number of amides is 3. The first kappa shape index (κ1) is 20.8. The van der Waals surface area contributed by atoms with Gasteiger partial charge in [0.25, 0.3) is 5.91 Å². The summed E-state index contributed by atoms with van der Waals surface area (Å²) < 4.78 is 31.8. The van der Waals surface area contributed by atoms with Crippen molar-refractivity contribution in [3.63, 3.8) is 0 Å². The fourth-order valence-corrected chi connectivity index (χ4v) is 4.78. The predicted octanol–water partition coefficient (Wildman–Crippen LogP) is 0.705. The van der Waals surface area contributed by atoms with Crippen molar-refractivity contribution >= 4 is 27.9 Å². The van der Waals surface area contributed by atoms with Crippen LogP contribution in [0.25, 0.3) is 0 Å². The Morgan fingerprint density at radius 2 is 1.70 bits per heavy atom. The molecule has 0 radical (unpaired) electrons. The molecule has 10 heteroatoms. The van der Waals surface area contributed by atoms with Crippen LogP contribution in [0.3, 0.4) is 0 Å². The van der Waals surface area contributed by atoms with Crippen LogP contribution >= 0.6 is 0 Å². The number of carbonyl (C=O) groups is 3. The predicted molar refractivity (Wildman–Crippen MR) is 96.2 cm³/mol. The summed E-state index contributed by atoms with van der Waals surface area (Å²) in [6.45, 7) is 4.29. The zero-order valence-electron chi connectivity index (χ0n) is 15.2. The third-order valence-electron chi connectivity index (χ3n) is 4.16. The fourth-order valence-electron chi connectivity index (χ4n) is 3.10. The zero-order valence-corrected chi connectivity index (χ0v) is 16.0. The van der Waals surface area contributed by atoms with E-state index >= 15 is 0 Å². The molecule has 0 bridgehead atoms. The van der Waals surface area contributed by atoms with Gasteiger partial charge in [-0.05, 0) is 42.5 Å². The molecular weight excluding hydrogens is 374 g/mol. The number of urea groups is 1. The van der Waals surface area contributed by atoms with Crippen molar-refractivity contribution < 1.29 is 27.5 Å². The zero-order chi connectivity index (χ0) is 20.2. The number of sulfonamides is 1. The molecule has 1 heterocycles. The number of primary amides is 1. The van der Waals surface area contributed by atoms with Gasteiger partial charge >= 0.3 is 12.0 Å². The SMILES string of the molecule is C[C@H]1C[C@H](C)CN(S(=O)(=O)c2ccc(C(=O)OCC(=O)NC(N)=O)cc2)C1.